The highest BCUT2D eigenvalue weighted by Crippen LogP contribution is 2.29. The Kier molecular flexibility index (Phi) is 4.66. The number of nitrogens with zero attached hydrogens (tertiary/aromatic N) is 3. The van der Waals surface area contributed by atoms with Crippen LogP contribution in [0, 0.1) is 0 Å². The van der Waals surface area contributed by atoms with E-state index in [0.717, 1.165) is 38.7 Å². The highest BCUT2D eigenvalue weighted by molar-refractivity contribution is 6.09. The zero-order chi connectivity index (χ0) is 20.3. The molecule has 0 amide bonds. The Morgan fingerprint density at radius 3 is 1.97 bits per heavy atom. The van der Waals surface area contributed by atoms with Crippen LogP contribution in [0.3, 0.4) is 0 Å². The molecule has 4 aromatic carbocycles. The summed E-state index contributed by atoms with van der Waals surface area (Å²) in [5.41, 5.74) is 5.14. The number of hydrogen-bond acceptors (Lipinski definition) is 3. The van der Waals surface area contributed by atoms with E-state index in [9.17, 15) is 0 Å². The summed E-state index contributed by atoms with van der Waals surface area (Å²) >= 11 is 0. The van der Waals surface area contributed by atoms with Crippen LogP contribution in [-0.2, 0) is 0 Å². The first-order chi connectivity index (χ1) is 14.8. The number of fused-ring (bicyclic) bond motifs is 3. The fraction of sp³-hybridized carbons (Fsp3) is 0.0385. The molecule has 0 bridgehead atoms. The molecular weight excluding hydrogens is 370 g/mol. The lowest BCUT2D eigenvalue weighted by Gasteiger charge is -2.19. The molecule has 0 fully saturated rings. The van der Waals surface area contributed by atoms with Crippen LogP contribution in [0.25, 0.3) is 21.8 Å². The van der Waals surface area contributed by atoms with Crippen LogP contribution in [-0.4, -0.2) is 18.1 Å². The Labute approximate surface area is 175 Å². The van der Waals surface area contributed by atoms with Gasteiger partial charge in [-0.05, 0) is 48.0 Å². The van der Waals surface area contributed by atoms with Crippen molar-refractivity contribution in [2.45, 2.75) is 0 Å². The van der Waals surface area contributed by atoms with Gasteiger partial charge < -0.3 is 4.84 Å². The molecule has 4 heteroatoms. The monoisotopic (exact) mass is 391 g/mol. The van der Waals surface area contributed by atoms with E-state index in [2.05, 4.69) is 60.7 Å². The molecule has 0 saturated carbocycles. The fourth-order valence-electron chi connectivity index (χ4n) is 3.78. The van der Waals surface area contributed by atoms with Crippen molar-refractivity contribution < 1.29 is 4.84 Å². The maximum absolute atomic E-state index is 5.61. The van der Waals surface area contributed by atoms with Crippen molar-refractivity contribution in [2.24, 2.45) is 5.10 Å². The minimum absolute atomic E-state index is 1.01. The average molecular weight is 391 g/mol. The lowest BCUT2D eigenvalue weighted by Crippen LogP contribution is -2.09. The largest absolute Gasteiger partial charge is 0.417 e. The van der Waals surface area contributed by atoms with Crippen molar-refractivity contribution in [1.82, 2.24) is 4.73 Å². The molecular formula is C26H21N3O. The Morgan fingerprint density at radius 1 is 0.700 bits per heavy atom. The second-order valence-electron chi connectivity index (χ2n) is 7.00. The van der Waals surface area contributed by atoms with Gasteiger partial charge in [0.2, 0.25) is 0 Å². The molecule has 0 unspecified atom stereocenters. The molecule has 1 heterocycles. The summed E-state index contributed by atoms with van der Waals surface area (Å²) < 4.78 is 1.87. The lowest BCUT2D eigenvalue weighted by molar-refractivity contribution is 0.190. The van der Waals surface area contributed by atoms with E-state index >= 15 is 0 Å². The summed E-state index contributed by atoms with van der Waals surface area (Å²) in [5.74, 6) is 0. The third-order valence-electron chi connectivity index (χ3n) is 5.16. The van der Waals surface area contributed by atoms with Gasteiger partial charge in [-0.15, -0.1) is 0 Å². The summed E-state index contributed by atoms with van der Waals surface area (Å²) in [6.07, 6.45) is 1.90. The lowest BCUT2D eigenvalue weighted by atomic mass is 10.1. The van der Waals surface area contributed by atoms with E-state index in [1.54, 1.807) is 7.11 Å². The first-order valence-electron chi connectivity index (χ1n) is 9.87. The Bertz CT molecular complexity index is 1280. The van der Waals surface area contributed by atoms with Crippen molar-refractivity contribution in [3.05, 3.63) is 109 Å². The second kappa shape index (κ2) is 7.76. The molecule has 1 aromatic heterocycles. The van der Waals surface area contributed by atoms with Crippen molar-refractivity contribution >= 4 is 39.4 Å². The van der Waals surface area contributed by atoms with E-state index in [1.807, 2.05) is 58.4 Å². The molecule has 5 aromatic rings. The van der Waals surface area contributed by atoms with Crippen molar-refractivity contribution in [3.8, 4) is 0 Å². The van der Waals surface area contributed by atoms with E-state index in [4.69, 9.17) is 9.94 Å². The number of hydrogen-bond donors (Lipinski definition) is 0. The van der Waals surface area contributed by atoms with Crippen LogP contribution in [0.1, 0.15) is 5.56 Å². The van der Waals surface area contributed by atoms with Crippen LogP contribution >= 0.6 is 0 Å². The zero-order valence-corrected chi connectivity index (χ0v) is 16.6. The first-order valence-corrected chi connectivity index (χ1v) is 9.87. The minimum atomic E-state index is 1.01. The third-order valence-corrected chi connectivity index (χ3v) is 5.16. The Morgan fingerprint density at radius 2 is 1.30 bits per heavy atom. The molecule has 0 aliphatic heterocycles. The summed E-state index contributed by atoms with van der Waals surface area (Å²) in [4.78, 5) is 5.61. The molecule has 0 saturated heterocycles. The molecule has 0 N–H and O–H groups in total. The standard InChI is InChI=1S/C26H21N3O/c1-30-29-25-15-9-8-14-23(25)24-18-20(16-17-26(24)29)19-27-28(21-10-4-2-5-11-21)22-12-6-3-7-13-22/h2-19H,1H3. The maximum atomic E-state index is 5.61. The minimum Gasteiger partial charge on any atom is -0.417 e. The summed E-state index contributed by atoms with van der Waals surface area (Å²) in [6, 6.07) is 34.9. The second-order valence-corrected chi connectivity index (χ2v) is 7.00. The first kappa shape index (κ1) is 18.0. The van der Waals surface area contributed by atoms with Gasteiger partial charge in [0.25, 0.3) is 0 Å². The van der Waals surface area contributed by atoms with Gasteiger partial charge in [-0.25, -0.2) is 5.01 Å². The van der Waals surface area contributed by atoms with Crippen molar-refractivity contribution in [1.29, 1.82) is 0 Å². The predicted octanol–water partition coefficient (Wildman–Crippen LogP) is 6.03. The zero-order valence-electron chi connectivity index (χ0n) is 16.6. The highest BCUT2D eigenvalue weighted by atomic mass is 16.6. The summed E-state index contributed by atoms with van der Waals surface area (Å²) in [5, 5.41) is 9.07. The smallest absolute Gasteiger partial charge is 0.104 e. The van der Waals surface area contributed by atoms with Crippen molar-refractivity contribution in [2.75, 3.05) is 12.1 Å². The SMILES string of the molecule is COn1c2ccccc2c2cc(C=NN(c3ccccc3)c3ccccc3)ccc21. The number of hydrazone groups is 1. The normalized spacial score (nSPS) is 11.4. The van der Waals surface area contributed by atoms with Gasteiger partial charge in [0, 0.05) is 10.8 Å². The number of anilines is 2. The molecule has 5 rings (SSSR count). The van der Waals surface area contributed by atoms with E-state index in [-0.39, 0.29) is 0 Å². The van der Waals surface area contributed by atoms with Gasteiger partial charge in [0.05, 0.1) is 28.6 Å². The topological polar surface area (TPSA) is 29.8 Å². The van der Waals surface area contributed by atoms with Crippen LogP contribution in [0.4, 0.5) is 11.4 Å². The van der Waals surface area contributed by atoms with Gasteiger partial charge in [-0.3, -0.25) is 0 Å². The summed E-state index contributed by atoms with van der Waals surface area (Å²) in [6.45, 7) is 0. The average Bonchev–Trinajstić information content (AvgIpc) is 3.14. The van der Waals surface area contributed by atoms with Crippen LogP contribution < -0.4 is 9.85 Å². The Hall–Kier alpha value is -4.05. The van der Waals surface area contributed by atoms with Gasteiger partial charge in [0.15, 0.2) is 0 Å². The predicted molar refractivity (Wildman–Crippen MR) is 125 cm³/mol. The quantitative estimate of drug-likeness (QED) is 0.271. The fourth-order valence-corrected chi connectivity index (χ4v) is 3.78. The van der Waals surface area contributed by atoms with E-state index < -0.39 is 0 Å². The molecule has 0 radical (unpaired) electrons. The van der Waals surface area contributed by atoms with Crippen molar-refractivity contribution in [3.63, 3.8) is 0 Å². The van der Waals surface area contributed by atoms with E-state index in [0.29, 0.717) is 0 Å². The van der Waals surface area contributed by atoms with Gasteiger partial charge >= 0.3 is 0 Å². The molecule has 146 valence electrons. The number of aromatic nitrogens is 1. The Balaban J connectivity index is 1.59. The molecule has 0 aliphatic rings. The molecule has 30 heavy (non-hydrogen) atoms. The highest BCUT2D eigenvalue weighted by Gasteiger charge is 2.11. The third kappa shape index (κ3) is 3.18. The van der Waals surface area contributed by atoms with Crippen LogP contribution in [0.15, 0.2) is 108 Å². The van der Waals surface area contributed by atoms with Gasteiger partial charge in [0.1, 0.15) is 7.11 Å². The van der Waals surface area contributed by atoms with Crippen LogP contribution in [0.5, 0.6) is 0 Å². The number of benzene rings is 4. The van der Waals surface area contributed by atoms with Gasteiger partial charge in [-0.2, -0.15) is 9.83 Å². The van der Waals surface area contributed by atoms with Gasteiger partial charge in [-0.1, -0.05) is 60.7 Å². The molecule has 4 nitrogen and oxygen atoms in total. The van der Waals surface area contributed by atoms with E-state index in [1.165, 1.54) is 0 Å². The van der Waals surface area contributed by atoms with Crippen LogP contribution in [0.2, 0.25) is 0 Å². The maximum Gasteiger partial charge on any atom is 0.104 e. The summed E-state index contributed by atoms with van der Waals surface area (Å²) in [7, 11) is 1.69. The number of para-hydroxylation sites is 3. The molecule has 0 atom stereocenters. The molecule has 0 aliphatic carbocycles. The molecule has 0 spiro atoms. The number of rotatable bonds is 5.